The molecule has 0 bridgehead atoms. The summed E-state index contributed by atoms with van der Waals surface area (Å²) in [5.41, 5.74) is 3.74. The van der Waals surface area contributed by atoms with Gasteiger partial charge in [0.1, 0.15) is 0 Å². The maximum absolute atomic E-state index is 12.1. The zero-order valence-corrected chi connectivity index (χ0v) is 15.9. The van der Waals surface area contributed by atoms with Gasteiger partial charge in [-0.25, -0.2) is 9.50 Å². The highest BCUT2D eigenvalue weighted by Crippen LogP contribution is 2.24. The molecule has 1 aromatic carbocycles. The van der Waals surface area contributed by atoms with Gasteiger partial charge in [0.05, 0.1) is 11.4 Å². The SMILES string of the molecule is Cc1ccc(NC(=O)CSc2nc3nc(C)cc(C)n3n2)c(Br)c1. The smallest absolute Gasteiger partial charge is 0.253 e. The molecule has 0 unspecified atom stereocenters. The lowest BCUT2D eigenvalue weighted by molar-refractivity contribution is -0.113. The monoisotopic (exact) mass is 405 g/mol. The Morgan fingerprint density at radius 1 is 1.25 bits per heavy atom. The first kappa shape index (κ1) is 16.9. The Kier molecular flexibility index (Phi) is 4.86. The molecule has 0 saturated carbocycles. The zero-order valence-electron chi connectivity index (χ0n) is 13.5. The minimum atomic E-state index is -0.107. The number of amides is 1. The summed E-state index contributed by atoms with van der Waals surface area (Å²) in [6, 6.07) is 7.73. The number of carbonyl (C=O) groups is 1. The molecule has 1 amide bonds. The number of nitrogens with zero attached hydrogens (tertiary/aromatic N) is 4. The summed E-state index contributed by atoms with van der Waals surface area (Å²) in [6.07, 6.45) is 0. The third-order valence-electron chi connectivity index (χ3n) is 3.33. The molecular formula is C16H16BrN5OS. The number of halogens is 1. The summed E-state index contributed by atoms with van der Waals surface area (Å²) >= 11 is 4.74. The Labute approximate surface area is 152 Å². The van der Waals surface area contributed by atoms with E-state index in [1.165, 1.54) is 11.8 Å². The summed E-state index contributed by atoms with van der Waals surface area (Å²) in [4.78, 5) is 20.8. The molecule has 0 radical (unpaired) electrons. The fraction of sp³-hybridized carbons (Fsp3) is 0.250. The van der Waals surface area contributed by atoms with Crippen LogP contribution in [0.25, 0.3) is 5.78 Å². The average molecular weight is 406 g/mol. The number of fused-ring (bicyclic) bond motifs is 1. The molecule has 124 valence electrons. The van der Waals surface area contributed by atoms with Gasteiger partial charge in [-0.3, -0.25) is 4.79 Å². The van der Waals surface area contributed by atoms with E-state index in [0.29, 0.717) is 10.9 Å². The van der Waals surface area contributed by atoms with Crippen molar-refractivity contribution in [3.8, 4) is 0 Å². The molecule has 0 fully saturated rings. The lowest BCUT2D eigenvalue weighted by atomic mass is 10.2. The van der Waals surface area contributed by atoms with Crippen LogP contribution in [-0.2, 0) is 4.79 Å². The van der Waals surface area contributed by atoms with Crippen molar-refractivity contribution in [3.63, 3.8) is 0 Å². The second kappa shape index (κ2) is 6.90. The molecule has 0 atom stereocenters. The van der Waals surface area contributed by atoms with Crippen molar-refractivity contribution in [2.75, 3.05) is 11.1 Å². The lowest BCUT2D eigenvalue weighted by Gasteiger charge is -2.07. The van der Waals surface area contributed by atoms with E-state index in [9.17, 15) is 4.79 Å². The van der Waals surface area contributed by atoms with Crippen molar-refractivity contribution in [2.24, 2.45) is 0 Å². The Morgan fingerprint density at radius 2 is 2.04 bits per heavy atom. The van der Waals surface area contributed by atoms with Gasteiger partial charge in [0, 0.05) is 15.9 Å². The highest BCUT2D eigenvalue weighted by molar-refractivity contribution is 9.10. The van der Waals surface area contributed by atoms with E-state index in [4.69, 9.17) is 0 Å². The van der Waals surface area contributed by atoms with Crippen molar-refractivity contribution in [1.29, 1.82) is 0 Å². The van der Waals surface area contributed by atoms with Gasteiger partial charge in [0.15, 0.2) is 0 Å². The molecule has 2 heterocycles. The highest BCUT2D eigenvalue weighted by Gasteiger charge is 2.11. The molecule has 0 aliphatic heterocycles. The van der Waals surface area contributed by atoms with Crippen molar-refractivity contribution >= 4 is 45.1 Å². The lowest BCUT2D eigenvalue weighted by Crippen LogP contribution is -2.14. The summed E-state index contributed by atoms with van der Waals surface area (Å²) in [7, 11) is 0. The molecule has 0 aliphatic carbocycles. The summed E-state index contributed by atoms with van der Waals surface area (Å²) < 4.78 is 2.55. The molecule has 8 heteroatoms. The van der Waals surface area contributed by atoms with Crippen LogP contribution in [0.1, 0.15) is 17.0 Å². The Bertz CT molecular complexity index is 924. The number of benzene rings is 1. The number of hydrogen-bond acceptors (Lipinski definition) is 5. The normalized spacial score (nSPS) is 11.0. The van der Waals surface area contributed by atoms with Gasteiger partial charge < -0.3 is 5.32 Å². The van der Waals surface area contributed by atoms with E-state index in [0.717, 1.165) is 27.1 Å². The van der Waals surface area contributed by atoms with Crippen LogP contribution in [-0.4, -0.2) is 31.2 Å². The van der Waals surface area contributed by atoms with E-state index in [2.05, 4.69) is 36.3 Å². The predicted molar refractivity (Wildman–Crippen MR) is 98.5 cm³/mol. The number of aryl methyl sites for hydroxylation is 3. The molecule has 2 aromatic heterocycles. The molecule has 0 spiro atoms. The third-order valence-corrected chi connectivity index (χ3v) is 4.82. The van der Waals surface area contributed by atoms with E-state index in [1.54, 1.807) is 4.52 Å². The molecule has 24 heavy (non-hydrogen) atoms. The molecule has 0 aliphatic rings. The maximum Gasteiger partial charge on any atom is 0.253 e. The average Bonchev–Trinajstić information content (AvgIpc) is 2.91. The van der Waals surface area contributed by atoms with E-state index < -0.39 is 0 Å². The maximum atomic E-state index is 12.1. The second-order valence-corrected chi connectivity index (χ2v) is 7.26. The van der Waals surface area contributed by atoms with Gasteiger partial charge in [-0.15, -0.1) is 5.10 Å². The van der Waals surface area contributed by atoms with Crippen molar-refractivity contribution < 1.29 is 4.79 Å². The third kappa shape index (κ3) is 3.76. The fourth-order valence-corrected chi connectivity index (χ4v) is 3.46. The van der Waals surface area contributed by atoms with Crippen LogP contribution in [0, 0.1) is 20.8 Å². The number of thioether (sulfide) groups is 1. The van der Waals surface area contributed by atoms with Gasteiger partial charge >= 0.3 is 0 Å². The first-order valence-electron chi connectivity index (χ1n) is 7.32. The summed E-state index contributed by atoms with van der Waals surface area (Å²) in [5.74, 6) is 0.677. The van der Waals surface area contributed by atoms with Crippen LogP contribution in [0.4, 0.5) is 5.69 Å². The van der Waals surface area contributed by atoms with Crippen LogP contribution in [0.3, 0.4) is 0 Å². The standard InChI is InChI=1S/C16H16BrN5OS/c1-9-4-5-13(12(17)6-9)19-14(23)8-24-16-20-15-18-10(2)7-11(3)22(15)21-16/h4-7H,8H2,1-3H3,(H,19,23). The van der Waals surface area contributed by atoms with E-state index in [-0.39, 0.29) is 11.7 Å². The van der Waals surface area contributed by atoms with Crippen LogP contribution in [0.5, 0.6) is 0 Å². The highest BCUT2D eigenvalue weighted by atomic mass is 79.9. The Hall–Kier alpha value is -1.93. The molecule has 1 N–H and O–H groups in total. The van der Waals surface area contributed by atoms with Crippen molar-refractivity contribution in [3.05, 3.63) is 45.7 Å². The first-order valence-corrected chi connectivity index (χ1v) is 9.10. The van der Waals surface area contributed by atoms with Gasteiger partial charge in [0.2, 0.25) is 11.1 Å². The van der Waals surface area contributed by atoms with Gasteiger partial charge in [-0.1, -0.05) is 17.8 Å². The predicted octanol–water partition coefficient (Wildman–Crippen LogP) is 3.54. The zero-order chi connectivity index (χ0) is 17.3. The Balaban J connectivity index is 1.67. The molecule has 0 saturated heterocycles. The van der Waals surface area contributed by atoms with E-state index >= 15 is 0 Å². The van der Waals surface area contributed by atoms with Crippen LogP contribution < -0.4 is 5.32 Å². The van der Waals surface area contributed by atoms with Crippen molar-refractivity contribution in [1.82, 2.24) is 19.6 Å². The van der Waals surface area contributed by atoms with Crippen LogP contribution >= 0.6 is 27.7 Å². The quantitative estimate of drug-likeness (QED) is 0.671. The largest absolute Gasteiger partial charge is 0.324 e. The fourth-order valence-electron chi connectivity index (χ4n) is 2.25. The minimum absolute atomic E-state index is 0.107. The summed E-state index contributed by atoms with van der Waals surface area (Å²) in [6.45, 7) is 5.87. The second-order valence-electron chi connectivity index (χ2n) is 5.47. The van der Waals surface area contributed by atoms with Crippen LogP contribution in [0.2, 0.25) is 0 Å². The number of carbonyl (C=O) groups excluding carboxylic acids is 1. The number of anilines is 1. The molecule has 6 nitrogen and oxygen atoms in total. The van der Waals surface area contributed by atoms with E-state index in [1.807, 2.05) is 45.0 Å². The van der Waals surface area contributed by atoms with Crippen LogP contribution in [0.15, 0.2) is 33.9 Å². The Morgan fingerprint density at radius 3 is 2.79 bits per heavy atom. The van der Waals surface area contributed by atoms with Gasteiger partial charge in [-0.2, -0.15) is 4.98 Å². The topological polar surface area (TPSA) is 72.2 Å². The summed E-state index contributed by atoms with van der Waals surface area (Å²) in [5, 5.41) is 7.79. The molecular weight excluding hydrogens is 390 g/mol. The molecule has 3 rings (SSSR count). The number of nitrogens with one attached hydrogen (secondary N) is 1. The number of hydrogen-bond donors (Lipinski definition) is 1. The van der Waals surface area contributed by atoms with Crippen molar-refractivity contribution in [2.45, 2.75) is 25.9 Å². The first-order chi connectivity index (χ1) is 11.4. The van der Waals surface area contributed by atoms with Gasteiger partial charge in [0.25, 0.3) is 5.78 Å². The van der Waals surface area contributed by atoms with Gasteiger partial charge in [-0.05, 0) is 60.5 Å². The number of rotatable bonds is 4. The number of aromatic nitrogens is 4. The molecule has 3 aromatic rings. The minimum Gasteiger partial charge on any atom is -0.324 e.